The summed E-state index contributed by atoms with van der Waals surface area (Å²) in [6.07, 6.45) is 20.3. The standard InChI is InChI=1S/C18H36O2.C12H14O6/c1-2-3-4-5-6-7-8-9-10-11-12-13-14-15-16-17-18(19)20;13-5-3-7-8(4-6-14)10(12(17)18)2-1-9(7)11(15)16/h2-17H2,1H3,(H,19,20);1-2,13-14H,3-6H2,(H,15,16)(H,17,18). The first-order valence-corrected chi connectivity index (χ1v) is 14.3. The zero-order valence-electron chi connectivity index (χ0n) is 23.3. The van der Waals surface area contributed by atoms with Crippen LogP contribution in [0.25, 0.3) is 0 Å². The maximum absolute atomic E-state index is 11.0. The van der Waals surface area contributed by atoms with Crippen LogP contribution in [0.1, 0.15) is 141 Å². The molecule has 1 aromatic rings. The topological polar surface area (TPSA) is 152 Å². The molecule has 0 heterocycles. The molecule has 1 rings (SSSR count). The van der Waals surface area contributed by atoms with Crippen molar-refractivity contribution in [1.29, 1.82) is 0 Å². The van der Waals surface area contributed by atoms with Gasteiger partial charge < -0.3 is 25.5 Å². The van der Waals surface area contributed by atoms with Crippen molar-refractivity contribution < 1.29 is 39.9 Å². The van der Waals surface area contributed by atoms with E-state index in [9.17, 15) is 14.4 Å². The fourth-order valence-electron chi connectivity index (χ4n) is 4.54. The minimum Gasteiger partial charge on any atom is -0.481 e. The Bertz CT molecular complexity index is 748. The Kier molecular flexibility index (Phi) is 22.1. The van der Waals surface area contributed by atoms with Gasteiger partial charge in [-0.2, -0.15) is 0 Å². The molecule has 5 N–H and O–H groups in total. The lowest BCUT2D eigenvalue weighted by Crippen LogP contribution is -2.14. The van der Waals surface area contributed by atoms with Gasteiger partial charge in [0.1, 0.15) is 0 Å². The molecular formula is C30H50O8. The first kappa shape index (κ1) is 35.5. The summed E-state index contributed by atoms with van der Waals surface area (Å²) in [5, 5.41) is 44.5. The highest BCUT2D eigenvalue weighted by Crippen LogP contribution is 2.21. The summed E-state index contributed by atoms with van der Waals surface area (Å²) in [6, 6.07) is 2.41. The van der Waals surface area contributed by atoms with Crippen molar-refractivity contribution in [2.24, 2.45) is 0 Å². The van der Waals surface area contributed by atoms with E-state index < -0.39 is 17.9 Å². The quantitative estimate of drug-likeness (QED) is 0.105. The van der Waals surface area contributed by atoms with Crippen molar-refractivity contribution >= 4 is 17.9 Å². The van der Waals surface area contributed by atoms with Crippen LogP contribution in [-0.4, -0.2) is 56.7 Å². The molecule has 0 spiro atoms. The van der Waals surface area contributed by atoms with Crippen molar-refractivity contribution in [3.63, 3.8) is 0 Å². The van der Waals surface area contributed by atoms with Gasteiger partial charge >= 0.3 is 17.9 Å². The maximum Gasteiger partial charge on any atom is 0.335 e. The number of carbonyl (C=O) groups is 3. The normalized spacial score (nSPS) is 10.6. The summed E-state index contributed by atoms with van der Waals surface area (Å²) in [4.78, 5) is 32.4. The number of rotatable bonds is 22. The number of hydrogen-bond acceptors (Lipinski definition) is 5. The smallest absolute Gasteiger partial charge is 0.335 e. The van der Waals surface area contributed by atoms with E-state index in [0.717, 1.165) is 12.8 Å². The zero-order chi connectivity index (χ0) is 28.6. The molecule has 0 amide bonds. The monoisotopic (exact) mass is 538 g/mol. The Labute approximate surface area is 228 Å². The third-order valence-electron chi connectivity index (χ3n) is 6.61. The highest BCUT2D eigenvalue weighted by molar-refractivity contribution is 5.95. The van der Waals surface area contributed by atoms with Crippen LogP contribution in [0, 0.1) is 0 Å². The molecule has 0 saturated carbocycles. The first-order chi connectivity index (χ1) is 18.3. The summed E-state index contributed by atoms with van der Waals surface area (Å²) in [5.41, 5.74) is 0.438. The van der Waals surface area contributed by atoms with E-state index in [1.807, 2.05) is 0 Å². The second kappa shape index (κ2) is 23.7. The number of aliphatic hydroxyl groups is 2. The molecule has 0 aliphatic carbocycles. The molecule has 8 nitrogen and oxygen atoms in total. The number of benzene rings is 1. The minimum atomic E-state index is -1.19. The molecular weight excluding hydrogens is 488 g/mol. The van der Waals surface area contributed by atoms with Gasteiger partial charge in [0, 0.05) is 19.6 Å². The van der Waals surface area contributed by atoms with E-state index >= 15 is 0 Å². The predicted molar refractivity (Wildman–Crippen MR) is 149 cm³/mol. The van der Waals surface area contributed by atoms with Gasteiger partial charge in [0.15, 0.2) is 0 Å². The van der Waals surface area contributed by atoms with Crippen LogP contribution >= 0.6 is 0 Å². The Balaban J connectivity index is 0.000000724. The van der Waals surface area contributed by atoms with E-state index in [-0.39, 0.29) is 48.3 Å². The minimum absolute atomic E-state index is 0.0398. The second-order valence-corrected chi connectivity index (χ2v) is 9.77. The van der Waals surface area contributed by atoms with E-state index in [1.165, 1.54) is 95.6 Å². The Morgan fingerprint density at radius 3 is 1.13 bits per heavy atom. The largest absolute Gasteiger partial charge is 0.481 e. The molecule has 218 valence electrons. The van der Waals surface area contributed by atoms with Crippen LogP contribution in [0.2, 0.25) is 0 Å². The van der Waals surface area contributed by atoms with Gasteiger partial charge in [-0.05, 0) is 42.5 Å². The highest BCUT2D eigenvalue weighted by Gasteiger charge is 2.20. The molecule has 0 saturated heterocycles. The molecule has 1 aromatic carbocycles. The van der Waals surface area contributed by atoms with Crippen molar-refractivity contribution in [3.05, 3.63) is 34.4 Å². The molecule has 0 fully saturated rings. The molecule has 0 radical (unpaired) electrons. The van der Waals surface area contributed by atoms with E-state index in [1.54, 1.807) is 0 Å². The second-order valence-electron chi connectivity index (χ2n) is 9.77. The Morgan fingerprint density at radius 1 is 0.553 bits per heavy atom. The summed E-state index contributed by atoms with van der Waals surface area (Å²) in [7, 11) is 0. The van der Waals surface area contributed by atoms with E-state index in [2.05, 4.69) is 6.92 Å². The average molecular weight is 539 g/mol. The van der Waals surface area contributed by atoms with Gasteiger partial charge in [-0.25, -0.2) is 9.59 Å². The number of aliphatic carboxylic acids is 1. The fraction of sp³-hybridized carbons (Fsp3) is 0.700. The van der Waals surface area contributed by atoms with Crippen molar-refractivity contribution in [3.8, 4) is 0 Å². The van der Waals surface area contributed by atoms with Crippen molar-refractivity contribution in [2.75, 3.05) is 13.2 Å². The molecule has 0 bridgehead atoms. The predicted octanol–water partition coefficient (Wildman–Crippen LogP) is 6.49. The molecule has 0 aliphatic rings. The SMILES string of the molecule is CCCCCCCCCCCCCCCCCC(=O)O.O=C(O)c1ccc(C(=O)O)c(CCO)c1CCO. The van der Waals surface area contributed by atoms with Gasteiger partial charge in [0.05, 0.1) is 11.1 Å². The van der Waals surface area contributed by atoms with E-state index in [0.29, 0.717) is 6.42 Å². The lowest BCUT2D eigenvalue weighted by Gasteiger charge is -2.14. The summed E-state index contributed by atoms with van der Waals surface area (Å²) >= 11 is 0. The summed E-state index contributed by atoms with van der Waals surface area (Å²) in [5.74, 6) is -3.02. The number of aliphatic hydroxyl groups excluding tert-OH is 2. The highest BCUT2D eigenvalue weighted by atomic mass is 16.4. The maximum atomic E-state index is 11.0. The lowest BCUT2D eigenvalue weighted by atomic mass is 9.92. The number of unbranched alkanes of at least 4 members (excludes halogenated alkanes) is 14. The zero-order valence-corrected chi connectivity index (χ0v) is 23.3. The molecule has 0 unspecified atom stereocenters. The van der Waals surface area contributed by atoms with Crippen molar-refractivity contribution in [1.82, 2.24) is 0 Å². The summed E-state index contributed by atoms with van der Waals surface area (Å²) in [6.45, 7) is 1.69. The number of carboxylic acid groups (broad SMARTS) is 3. The Hall–Kier alpha value is -2.45. The number of hydrogen-bond donors (Lipinski definition) is 5. The molecule has 0 aromatic heterocycles. The van der Waals surface area contributed by atoms with Gasteiger partial charge in [0.25, 0.3) is 0 Å². The van der Waals surface area contributed by atoms with Crippen LogP contribution in [0.5, 0.6) is 0 Å². The van der Waals surface area contributed by atoms with E-state index in [4.69, 9.17) is 25.5 Å². The number of carboxylic acids is 3. The van der Waals surface area contributed by atoms with Gasteiger partial charge in [-0.1, -0.05) is 96.8 Å². The van der Waals surface area contributed by atoms with Crippen LogP contribution in [0.3, 0.4) is 0 Å². The van der Waals surface area contributed by atoms with Crippen molar-refractivity contribution in [2.45, 2.75) is 122 Å². The van der Waals surface area contributed by atoms with Crippen LogP contribution < -0.4 is 0 Å². The molecule has 8 heteroatoms. The summed E-state index contributed by atoms with van der Waals surface area (Å²) < 4.78 is 0. The molecule has 0 aliphatic heterocycles. The van der Waals surface area contributed by atoms with Gasteiger partial charge in [0.2, 0.25) is 0 Å². The lowest BCUT2D eigenvalue weighted by molar-refractivity contribution is -0.137. The van der Waals surface area contributed by atoms with Gasteiger partial charge in [-0.3, -0.25) is 4.79 Å². The fourth-order valence-corrected chi connectivity index (χ4v) is 4.54. The third kappa shape index (κ3) is 17.1. The average Bonchev–Trinajstić information content (AvgIpc) is 2.87. The molecule has 38 heavy (non-hydrogen) atoms. The third-order valence-corrected chi connectivity index (χ3v) is 6.61. The van der Waals surface area contributed by atoms with Crippen LogP contribution in [0.4, 0.5) is 0 Å². The Morgan fingerprint density at radius 2 is 0.868 bits per heavy atom. The van der Waals surface area contributed by atoms with Crippen LogP contribution in [0.15, 0.2) is 12.1 Å². The van der Waals surface area contributed by atoms with Gasteiger partial charge in [-0.15, -0.1) is 0 Å². The van der Waals surface area contributed by atoms with Crippen LogP contribution in [-0.2, 0) is 17.6 Å². The number of aromatic carboxylic acids is 2. The molecule has 0 atom stereocenters. The first-order valence-electron chi connectivity index (χ1n) is 14.3.